The Hall–Kier alpha value is -2.26. The fourth-order valence-electron chi connectivity index (χ4n) is 2.57. The standard InChI is InChI=1S/C21H20/c1-21(2,3)13-12-17-10-7-11-18-14-19(15-20(17)18)16-8-5-4-6-9-16/h4-11,15H,14H2,1-3H3. The molecule has 0 unspecified atom stereocenters. The Morgan fingerprint density at radius 3 is 2.38 bits per heavy atom. The molecule has 0 saturated carbocycles. The van der Waals surface area contributed by atoms with Crippen molar-refractivity contribution in [3.63, 3.8) is 0 Å². The van der Waals surface area contributed by atoms with Crippen molar-refractivity contribution >= 4 is 11.6 Å². The van der Waals surface area contributed by atoms with Crippen molar-refractivity contribution in [2.24, 2.45) is 5.41 Å². The zero-order chi connectivity index (χ0) is 14.9. The molecule has 104 valence electrons. The van der Waals surface area contributed by atoms with Crippen LogP contribution in [0.4, 0.5) is 0 Å². The van der Waals surface area contributed by atoms with Gasteiger partial charge in [-0.1, -0.05) is 54.3 Å². The molecule has 1 aliphatic rings. The molecule has 0 bridgehead atoms. The van der Waals surface area contributed by atoms with Crippen LogP contribution in [0.3, 0.4) is 0 Å². The van der Waals surface area contributed by atoms with Crippen LogP contribution >= 0.6 is 0 Å². The lowest BCUT2D eigenvalue weighted by Crippen LogP contribution is -1.99. The highest BCUT2D eigenvalue weighted by atomic mass is 14.2. The van der Waals surface area contributed by atoms with Crippen molar-refractivity contribution in [1.29, 1.82) is 0 Å². The first-order chi connectivity index (χ1) is 10.0. The molecule has 0 N–H and O–H groups in total. The van der Waals surface area contributed by atoms with Crippen LogP contribution in [-0.2, 0) is 6.42 Å². The van der Waals surface area contributed by atoms with Crippen LogP contribution in [0, 0.1) is 17.3 Å². The minimum Gasteiger partial charge on any atom is -0.0919 e. The predicted octanol–water partition coefficient (Wildman–Crippen LogP) is 5.18. The molecule has 0 spiro atoms. The van der Waals surface area contributed by atoms with Gasteiger partial charge in [0.15, 0.2) is 0 Å². The summed E-state index contributed by atoms with van der Waals surface area (Å²) in [5, 5.41) is 0. The predicted molar refractivity (Wildman–Crippen MR) is 90.8 cm³/mol. The Labute approximate surface area is 127 Å². The molecule has 0 amide bonds. The van der Waals surface area contributed by atoms with Gasteiger partial charge < -0.3 is 0 Å². The van der Waals surface area contributed by atoms with E-state index >= 15 is 0 Å². The third-order valence-corrected chi connectivity index (χ3v) is 3.61. The average Bonchev–Trinajstić information content (AvgIpc) is 2.89. The fraction of sp³-hybridized carbons (Fsp3) is 0.238. The van der Waals surface area contributed by atoms with Crippen LogP contribution in [0.15, 0.2) is 48.5 Å². The van der Waals surface area contributed by atoms with Crippen LogP contribution in [0.1, 0.15) is 43.0 Å². The summed E-state index contributed by atoms with van der Waals surface area (Å²) in [6.45, 7) is 6.44. The molecule has 0 aliphatic heterocycles. The fourth-order valence-corrected chi connectivity index (χ4v) is 2.57. The summed E-state index contributed by atoms with van der Waals surface area (Å²) in [5.41, 5.74) is 6.56. The number of allylic oxidation sites excluding steroid dienone is 1. The molecule has 3 rings (SSSR count). The van der Waals surface area contributed by atoms with E-state index in [2.05, 4.69) is 87.2 Å². The second kappa shape index (κ2) is 5.26. The van der Waals surface area contributed by atoms with E-state index in [1.54, 1.807) is 0 Å². The molecule has 0 nitrogen and oxygen atoms in total. The summed E-state index contributed by atoms with van der Waals surface area (Å²) in [5.74, 6) is 6.71. The summed E-state index contributed by atoms with van der Waals surface area (Å²) < 4.78 is 0. The third kappa shape index (κ3) is 3.09. The Bertz CT molecular complexity index is 744. The van der Waals surface area contributed by atoms with Gasteiger partial charge in [0.25, 0.3) is 0 Å². The van der Waals surface area contributed by atoms with Gasteiger partial charge in [0.05, 0.1) is 0 Å². The van der Waals surface area contributed by atoms with Crippen molar-refractivity contribution in [2.45, 2.75) is 27.2 Å². The molecule has 0 aromatic heterocycles. The minimum atomic E-state index is 0.0350. The monoisotopic (exact) mass is 272 g/mol. The van der Waals surface area contributed by atoms with Crippen molar-refractivity contribution < 1.29 is 0 Å². The molecule has 0 atom stereocenters. The highest BCUT2D eigenvalue weighted by molar-refractivity contribution is 5.90. The maximum Gasteiger partial charge on any atom is 0.0320 e. The lowest BCUT2D eigenvalue weighted by molar-refractivity contribution is 0.571. The van der Waals surface area contributed by atoms with E-state index in [0.29, 0.717) is 0 Å². The summed E-state index contributed by atoms with van der Waals surface area (Å²) in [6.07, 6.45) is 3.31. The Morgan fingerprint density at radius 2 is 1.67 bits per heavy atom. The molecule has 1 aliphatic carbocycles. The lowest BCUT2D eigenvalue weighted by atomic mass is 9.96. The second-order valence-electron chi connectivity index (χ2n) is 6.59. The normalized spacial score (nSPS) is 13.2. The molecule has 0 heterocycles. The lowest BCUT2D eigenvalue weighted by Gasteiger charge is -2.07. The first-order valence-corrected chi connectivity index (χ1v) is 7.44. The van der Waals surface area contributed by atoms with Gasteiger partial charge in [-0.05, 0) is 61.6 Å². The van der Waals surface area contributed by atoms with E-state index < -0.39 is 0 Å². The second-order valence-corrected chi connectivity index (χ2v) is 6.59. The van der Waals surface area contributed by atoms with Crippen molar-refractivity contribution in [2.75, 3.05) is 0 Å². The number of rotatable bonds is 1. The Balaban J connectivity index is 2.01. The maximum absolute atomic E-state index is 3.36. The van der Waals surface area contributed by atoms with Crippen LogP contribution in [0.2, 0.25) is 0 Å². The van der Waals surface area contributed by atoms with Crippen LogP contribution < -0.4 is 0 Å². The smallest absolute Gasteiger partial charge is 0.0320 e. The van der Waals surface area contributed by atoms with E-state index in [1.807, 2.05) is 0 Å². The van der Waals surface area contributed by atoms with Gasteiger partial charge in [0.2, 0.25) is 0 Å². The Morgan fingerprint density at radius 1 is 0.905 bits per heavy atom. The van der Waals surface area contributed by atoms with E-state index in [0.717, 1.165) is 12.0 Å². The van der Waals surface area contributed by atoms with Crippen LogP contribution in [0.5, 0.6) is 0 Å². The van der Waals surface area contributed by atoms with Crippen molar-refractivity contribution in [3.05, 3.63) is 70.8 Å². The first kappa shape index (κ1) is 13.7. The Kier molecular flexibility index (Phi) is 3.43. The largest absolute Gasteiger partial charge is 0.0919 e. The van der Waals surface area contributed by atoms with Gasteiger partial charge in [-0.3, -0.25) is 0 Å². The quantitative estimate of drug-likeness (QED) is 0.627. The first-order valence-electron chi connectivity index (χ1n) is 7.44. The molecule has 0 radical (unpaired) electrons. The van der Waals surface area contributed by atoms with Crippen LogP contribution in [-0.4, -0.2) is 0 Å². The number of benzene rings is 2. The van der Waals surface area contributed by atoms with Crippen LogP contribution in [0.25, 0.3) is 11.6 Å². The summed E-state index contributed by atoms with van der Waals surface area (Å²) >= 11 is 0. The van der Waals surface area contributed by atoms with E-state index in [1.165, 1.54) is 22.3 Å². The average molecular weight is 272 g/mol. The molecule has 0 fully saturated rings. The molecule has 0 heteroatoms. The molecular weight excluding hydrogens is 252 g/mol. The van der Waals surface area contributed by atoms with E-state index in [9.17, 15) is 0 Å². The van der Waals surface area contributed by atoms with Gasteiger partial charge in [0, 0.05) is 11.0 Å². The highest BCUT2D eigenvalue weighted by Crippen LogP contribution is 2.33. The summed E-state index contributed by atoms with van der Waals surface area (Å²) in [7, 11) is 0. The number of hydrogen-bond donors (Lipinski definition) is 0. The van der Waals surface area contributed by atoms with Gasteiger partial charge in [-0.15, -0.1) is 0 Å². The topological polar surface area (TPSA) is 0 Å². The molecule has 2 aromatic rings. The van der Waals surface area contributed by atoms with Gasteiger partial charge in [-0.2, -0.15) is 0 Å². The zero-order valence-corrected chi connectivity index (χ0v) is 12.9. The molecular formula is C21H20. The maximum atomic E-state index is 3.36. The molecule has 2 aromatic carbocycles. The number of fused-ring (bicyclic) bond motifs is 1. The van der Waals surface area contributed by atoms with Crippen molar-refractivity contribution in [3.8, 4) is 11.8 Å². The summed E-state index contributed by atoms with van der Waals surface area (Å²) in [4.78, 5) is 0. The SMILES string of the molecule is CC(C)(C)C#Cc1cccc2c1C=C(c1ccccc1)C2. The summed E-state index contributed by atoms with van der Waals surface area (Å²) in [6, 6.07) is 17.1. The molecule has 21 heavy (non-hydrogen) atoms. The number of hydrogen-bond acceptors (Lipinski definition) is 0. The molecule has 0 saturated heterocycles. The van der Waals surface area contributed by atoms with Gasteiger partial charge in [0.1, 0.15) is 0 Å². The van der Waals surface area contributed by atoms with E-state index in [4.69, 9.17) is 0 Å². The highest BCUT2D eigenvalue weighted by Gasteiger charge is 2.16. The zero-order valence-electron chi connectivity index (χ0n) is 12.9. The minimum absolute atomic E-state index is 0.0350. The third-order valence-electron chi connectivity index (χ3n) is 3.61. The van der Waals surface area contributed by atoms with Gasteiger partial charge in [-0.25, -0.2) is 0 Å². The van der Waals surface area contributed by atoms with Gasteiger partial charge >= 0.3 is 0 Å². The van der Waals surface area contributed by atoms with Crippen molar-refractivity contribution in [1.82, 2.24) is 0 Å². The van der Waals surface area contributed by atoms with E-state index in [-0.39, 0.29) is 5.41 Å².